The summed E-state index contributed by atoms with van der Waals surface area (Å²) in [7, 11) is 0. The van der Waals surface area contributed by atoms with Crippen LogP contribution >= 0.6 is 0 Å². The number of anilines is 1. The number of amides is 2. The van der Waals surface area contributed by atoms with Crippen LogP contribution in [0.3, 0.4) is 0 Å². The highest BCUT2D eigenvalue weighted by Crippen LogP contribution is 2.21. The van der Waals surface area contributed by atoms with Crippen molar-refractivity contribution in [2.24, 2.45) is 5.92 Å². The number of nitrogens with zero attached hydrogens (tertiary/aromatic N) is 5. The summed E-state index contributed by atoms with van der Waals surface area (Å²) >= 11 is 0. The van der Waals surface area contributed by atoms with Crippen molar-refractivity contribution in [2.45, 2.75) is 25.8 Å². The van der Waals surface area contributed by atoms with Crippen molar-refractivity contribution in [3.63, 3.8) is 0 Å². The molecule has 7 nitrogen and oxygen atoms in total. The lowest BCUT2D eigenvalue weighted by Gasteiger charge is -2.35. The monoisotopic (exact) mass is 408 g/mol. The quantitative estimate of drug-likeness (QED) is 0.796. The molecule has 2 saturated heterocycles. The summed E-state index contributed by atoms with van der Waals surface area (Å²) < 4.78 is 0. The molecular formula is C23H32N6O. The van der Waals surface area contributed by atoms with Crippen molar-refractivity contribution >= 4 is 12.0 Å². The summed E-state index contributed by atoms with van der Waals surface area (Å²) in [4.78, 5) is 27.7. The van der Waals surface area contributed by atoms with Crippen LogP contribution in [0.25, 0.3) is 0 Å². The maximum atomic E-state index is 12.5. The second kappa shape index (κ2) is 10.4. The highest BCUT2D eigenvalue weighted by molar-refractivity contribution is 5.74. The first-order valence-electron chi connectivity index (χ1n) is 11.1. The number of carbonyl (C=O) groups excluding carboxylic acids is 1. The topological polar surface area (TPSA) is 64.6 Å². The summed E-state index contributed by atoms with van der Waals surface area (Å²) in [5.74, 6) is 1.46. The van der Waals surface area contributed by atoms with Gasteiger partial charge in [-0.3, -0.25) is 4.90 Å². The first kappa shape index (κ1) is 20.6. The second-order valence-corrected chi connectivity index (χ2v) is 8.25. The minimum Gasteiger partial charge on any atom is -0.338 e. The molecule has 2 aliphatic rings. The fraction of sp³-hybridized carbons (Fsp3) is 0.522. The summed E-state index contributed by atoms with van der Waals surface area (Å²) in [6.45, 7) is 7.08. The van der Waals surface area contributed by atoms with Gasteiger partial charge in [0.15, 0.2) is 0 Å². The number of nitrogens with one attached hydrogen (secondary N) is 1. The van der Waals surface area contributed by atoms with E-state index >= 15 is 0 Å². The largest absolute Gasteiger partial charge is 0.338 e. The van der Waals surface area contributed by atoms with Gasteiger partial charge in [-0.2, -0.15) is 0 Å². The molecule has 3 heterocycles. The summed E-state index contributed by atoms with van der Waals surface area (Å²) in [5, 5.41) is 3.13. The minimum atomic E-state index is 0.0603. The van der Waals surface area contributed by atoms with Crippen LogP contribution in [0.15, 0.2) is 48.8 Å². The molecule has 2 aromatic rings. The van der Waals surface area contributed by atoms with Crippen LogP contribution in [0, 0.1) is 5.92 Å². The van der Waals surface area contributed by atoms with E-state index in [9.17, 15) is 4.79 Å². The Bertz CT molecular complexity index is 771. The summed E-state index contributed by atoms with van der Waals surface area (Å²) in [6.07, 6.45) is 7.03. The number of urea groups is 1. The zero-order valence-corrected chi connectivity index (χ0v) is 17.6. The van der Waals surface area contributed by atoms with Crippen molar-refractivity contribution in [1.29, 1.82) is 0 Å². The van der Waals surface area contributed by atoms with E-state index in [2.05, 4.69) is 55.4 Å². The maximum absolute atomic E-state index is 12.5. The van der Waals surface area contributed by atoms with Crippen molar-refractivity contribution in [3.8, 4) is 0 Å². The molecule has 0 radical (unpaired) electrons. The molecule has 1 aromatic carbocycles. The third kappa shape index (κ3) is 5.69. The standard InChI is InChI=1S/C23H32N6O/c30-23(29-17-15-28(16-18-29)22-24-10-4-11-25-22)26-12-7-20-8-13-27(14-9-20)19-21-5-2-1-3-6-21/h1-6,10-11,20H,7-9,12-19H2,(H,26,30). The molecule has 0 atom stereocenters. The Morgan fingerprint density at radius 1 is 0.933 bits per heavy atom. The van der Waals surface area contributed by atoms with E-state index in [1.165, 1.54) is 18.4 Å². The Labute approximate surface area is 179 Å². The second-order valence-electron chi connectivity index (χ2n) is 8.25. The normalized spacial score (nSPS) is 18.4. The molecule has 2 fully saturated rings. The molecule has 4 rings (SSSR count). The van der Waals surface area contributed by atoms with Gasteiger partial charge in [0.2, 0.25) is 5.95 Å². The van der Waals surface area contributed by atoms with Gasteiger partial charge in [-0.15, -0.1) is 0 Å². The van der Waals surface area contributed by atoms with Gasteiger partial charge in [-0.1, -0.05) is 30.3 Å². The molecule has 0 aliphatic carbocycles. The van der Waals surface area contributed by atoms with Crippen LogP contribution < -0.4 is 10.2 Å². The van der Waals surface area contributed by atoms with Gasteiger partial charge < -0.3 is 15.1 Å². The molecule has 0 unspecified atom stereocenters. The minimum absolute atomic E-state index is 0.0603. The molecule has 0 spiro atoms. The molecule has 160 valence electrons. The lowest BCUT2D eigenvalue weighted by atomic mass is 9.93. The maximum Gasteiger partial charge on any atom is 0.317 e. The fourth-order valence-electron chi connectivity index (χ4n) is 4.33. The zero-order chi connectivity index (χ0) is 20.6. The van der Waals surface area contributed by atoms with Crippen LogP contribution in [0.2, 0.25) is 0 Å². The third-order valence-electron chi connectivity index (χ3n) is 6.19. The molecule has 1 N–H and O–H groups in total. The average Bonchev–Trinajstić information content (AvgIpc) is 2.81. The van der Waals surface area contributed by atoms with E-state index in [1.807, 2.05) is 11.0 Å². The first-order valence-corrected chi connectivity index (χ1v) is 11.1. The van der Waals surface area contributed by atoms with Gasteiger partial charge in [0, 0.05) is 51.7 Å². The van der Waals surface area contributed by atoms with Crippen LogP contribution in [-0.4, -0.2) is 71.6 Å². The number of piperazine rings is 1. The van der Waals surface area contributed by atoms with Crippen LogP contribution in [0.1, 0.15) is 24.8 Å². The Morgan fingerprint density at radius 2 is 1.63 bits per heavy atom. The van der Waals surface area contributed by atoms with Gasteiger partial charge >= 0.3 is 6.03 Å². The predicted molar refractivity (Wildman–Crippen MR) is 118 cm³/mol. The number of piperidine rings is 1. The number of carbonyl (C=O) groups is 1. The van der Waals surface area contributed by atoms with Crippen molar-refractivity contribution in [1.82, 2.24) is 25.1 Å². The van der Waals surface area contributed by atoms with E-state index in [4.69, 9.17) is 0 Å². The van der Waals surface area contributed by atoms with Crippen LogP contribution in [-0.2, 0) is 6.54 Å². The molecule has 1 aromatic heterocycles. The zero-order valence-electron chi connectivity index (χ0n) is 17.6. The van der Waals surface area contributed by atoms with Gasteiger partial charge in [0.1, 0.15) is 0 Å². The lowest BCUT2D eigenvalue weighted by molar-refractivity contribution is 0.169. The number of hydrogen-bond acceptors (Lipinski definition) is 5. The lowest BCUT2D eigenvalue weighted by Crippen LogP contribution is -2.52. The first-order chi connectivity index (χ1) is 14.8. The fourth-order valence-corrected chi connectivity index (χ4v) is 4.33. The number of benzene rings is 1. The number of hydrogen-bond donors (Lipinski definition) is 1. The highest BCUT2D eigenvalue weighted by atomic mass is 16.2. The van der Waals surface area contributed by atoms with E-state index in [1.54, 1.807) is 12.4 Å². The smallest absolute Gasteiger partial charge is 0.317 e. The molecule has 0 bridgehead atoms. The Kier molecular flexibility index (Phi) is 7.13. The number of rotatable bonds is 6. The molecule has 2 aliphatic heterocycles. The highest BCUT2D eigenvalue weighted by Gasteiger charge is 2.23. The van der Waals surface area contributed by atoms with Crippen LogP contribution in [0.5, 0.6) is 0 Å². The summed E-state index contributed by atoms with van der Waals surface area (Å²) in [5.41, 5.74) is 1.39. The molecule has 30 heavy (non-hydrogen) atoms. The van der Waals surface area contributed by atoms with Gasteiger partial charge in [-0.05, 0) is 49.9 Å². The Balaban J connectivity index is 1.11. The molecular weight excluding hydrogens is 376 g/mol. The Morgan fingerprint density at radius 3 is 2.33 bits per heavy atom. The Hall–Kier alpha value is -2.67. The number of likely N-dealkylation sites (tertiary alicyclic amines) is 1. The van der Waals surface area contributed by atoms with Crippen molar-refractivity contribution < 1.29 is 4.79 Å². The molecule has 2 amide bonds. The van der Waals surface area contributed by atoms with E-state index < -0.39 is 0 Å². The summed E-state index contributed by atoms with van der Waals surface area (Å²) in [6, 6.07) is 12.6. The average molecular weight is 409 g/mol. The van der Waals surface area contributed by atoms with Crippen molar-refractivity contribution in [3.05, 3.63) is 54.4 Å². The van der Waals surface area contributed by atoms with Gasteiger partial charge in [0.05, 0.1) is 0 Å². The van der Waals surface area contributed by atoms with Crippen molar-refractivity contribution in [2.75, 3.05) is 50.7 Å². The SMILES string of the molecule is O=C(NCCC1CCN(Cc2ccccc2)CC1)N1CCN(c2ncccn2)CC1. The predicted octanol–water partition coefficient (Wildman–Crippen LogP) is 2.61. The molecule has 0 saturated carbocycles. The van der Waals surface area contributed by atoms with E-state index in [-0.39, 0.29) is 6.03 Å². The van der Waals surface area contributed by atoms with Gasteiger partial charge in [0.25, 0.3) is 0 Å². The van der Waals surface area contributed by atoms with E-state index in [0.29, 0.717) is 19.0 Å². The molecule has 7 heteroatoms. The third-order valence-corrected chi connectivity index (χ3v) is 6.19. The number of aromatic nitrogens is 2. The van der Waals surface area contributed by atoms with E-state index in [0.717, 1.165) is 51.6 Å². The van der Waals surface area contributed by atoms with Crippen LogP contribution in [0.4, 0.5) is 10.7 Å². The van der Waals surface area contributed by atoms with Gasteiger partial charge in [-0.25, -0.2) is 14.8 Å².